The Hall–Kier alpha value is -2.06. The number of thiophene rings is 2. The Kier molecular flexibility index (Phi) is 4.37. The zero-order valence-electron chi connectivity index (χ0n) is 11.1. The summed E-state index contributed by atoms with van der Waals surface area (Å²) in [7, 11) is 0. The molecular formula is C13H13N5OS2. The van der Waals surface area contributed by atoms with E-state index in [-0.39, 0.29) is 12.5 Å². The van der Waals surface area contributed by atoms with Gasteiger partial charge in [0.25, 0.3) is 0 Å². The number of rotatable bonds is 6. The van der Waals surface area contributed by atoms with Gasteiger partial charge < -0.3 is 5.32 Å². The predicted molar refractivity (Wildman–Crippen MR) is 82.2 cm³/mol. The van der Waals surface area contributed by atoms with Crippen molar-refractivity contribution >= 4 is 28.6 Å². The average Bonchev–Trinajstić information content (AvgIpc) is 3.21. The summed E-state index contributed by atoms with van der Waals surface area (Å²) >= 11 is 3.23. The van der Waals surface area contributed by atoms with Gasteiger partial charge in [-0.2, -0.15) is 4.80 Å². The van der Waals surface area contributed by atoms with Gasteiger partial charge in [-0.15, -0.1) is 32.9 Å². The molecule has 1 N–H and O–H groups in total. The number of nitrogens with one attached hydrogen (secondary N) is 1. The summed E-state index contributed by atoms with van der Waals surface area (Å²) in [6.07, 6.45) is 0.842. The van der Waals surface area contributed by atoms with Crippen LogP contribution in [0.15, 0.2) is 35.0 Å². The van der Waals surface area contributed by atoms with E-state index in [0.29, 0.717) is 12.4 Å². The summed E-state index contributed by atoms with van der Waals surface area (Å²) in [4.78, 5) is 15.3. The Morgan fingerprint density at radius 2 is 2.10 bits per heavy atom. The third-order valence-electron chi connectivity index (χ3n) is 2.75. The van der Waals surface area contributed by atoms with Crippen molar-refractivity contribution in [3.05, 3.63) is 39.9 Å². The normalized spacial score (nSPS) is 10.7. The minimum absolute atomic E-state index is 0.0861. The maximum Gasteiger partial charge on any atom is 0.243 e. The number of hydrogen-bond donors (Lipinski definition) is 1. The van der Waals surface area contributed by atoms with Gasteiger partial charge >= 0.3 is 0 Å². The van der Waals surface area contributed by atoms with E-state index in [1.54, 1.807) is 22.7 Å². The van der Waals surface area contributed by atoms with Crippen LogP contribution in [0, 0.1) is 0 Å². The van der Waals surface area contributed by atoms with Crippen molar-refractivity contribution in [1.82, 2.24) is 25.5 Å². The van der Waals surface area contributed by atoms with Crippen LogP contribution >= 0.6 is 22.7 Å². The lowest BCUT2D eigenvalue weighted by Crippen LogP contribution is -2.30. The molecule has 8 heteroatoms. The predicted octanol–water partition coefficient (Wildman–Crippen LogP) is 1.82. The summed E-state index contributed by atoms with van der Waals surface area (Å²) in [5.41, 5.74) is 0. The van der Waals surface area contributed by atoms with Gasteiger partial charge in [0.2, 0.25) is 11.7 Å². The van der Waals surface area contributed by atoms with E-state index in [1.165, 1.54) is 9.67 Å². The molecule has 21 heavy (non-hydrogen) atoms. The molecule has 3 heterocycles. The number of tetrazole rings is 1. The molecule has 0 radical (unpaired) electrons. The van der Waals surface area contributed by atoms with Gasteiger partial charge in [-0.05, 0) is 34.5 Å². The minimum atomic E-state index is -0.110. The molecule has 3 aromatic heterocycles. The summed E-state index contributed by atoms with van der Waals surface area (Å²) in [6.45, 7) is 0.703. The third-order valence-corrected chi connectivity index (χ3v) is 4.56. The van der Waals surface area contributed by atoms with E-state index in [9.17, 15) is 4.79 Å². The second-order valence-corrected chi connectivity index (χ2v) is 6.28. The standard InChI is InChI=1S/C13H13N5OS2/c19-12(14-6-5-10-3-1-7-20-10)9-18-16-13(15-17-18)11-4-2-8-21-11/h1-4,7-8H,5-6,9H2,(H,14,19). The zero-order valence-corrected chi connectivity index (χ0v) is 12.7. The molecule has 0 saturated carbocycles. The van der Waals surface area contributed by atoms with Gasteiger partial charge in [-0.25, -0.2) is 0 Å². The van der Waals surface area contributed by atoms with Crippen molar-refractivity contribution in [2.75, 3.05) is 6.54 Å². The first-order valence-electron chi connectivity index (χ1n) is 6.42. The van der Waals surface area contributed by atoms with Crippen LogP contribution in [0.4, 0.5) is 0 Å². The molecular weight excluding hydrogens is 306 g/mol. The molecule has 3 rings (SSSR count). The second kappa shape index (κ2) is 6.59. The molecule has 0 aliphatic heterocycles. The molecule has 0 bridgehead atoms. The summed E-state index contributed by atoms with van der Waals surface area (Å²) in [5.74, 6) is 0.443. The first-order valence-corrected chi connectivity index (χ1v) is 8.18. The van der Waals surface area contributed by atoms with Crippen LogP contribution in [0.25, 0.3) is 10.7 Å². The fraction of sp³-hybridized carbons (Fsp3) is 0.231. The van der Waals surface area contributed by atoms with Crippen molar-refractivity contribution in [2.45, 2.75) is 13.0 Å². The topological polar surface area (TPSA) is 72.7 Å². The lowest BCUT2D eigenvalue weighted by Gasteiger charge is -2.02. The van der Waals surface area contributed by atoms with Crippen molar-refractivity contribution in [3.63, 3.8) is 0 Å². The first-order chi connectivity index (χ1) is 10.3. The van der Waals surface area contributed by atoms with Gasteiger partial charge in [0, 0.05) is 11.4 Å². The fourth-order valence-corrected chi connectivity index (χ4v) is 3.14. The van der Waals surface area contributed by atoms with Crippen molar-refractivity contribution in [3.8, 4) is 10.7 Å². The molecule has 0 atom stereocenters. The highest BCUT2D eigenvalue weighted by Gasteiger charge is 2.09. The second-order valence-electron chi connectivity index (χ2n) is 4.30. The van der Waals surface area contributed by atoms with Crippen molar-refractivity contribution in [1.29, 1.82) is 0 Å². The van der Waals surface area contributed by atoms with Gasteiger partial charge in [0.15, 0.2) is 0 Å². The third kappa shape index (κ3) is 3.73. The van der Waals surface area contributed by atoms with Crippen LogP contribution in [-0.2, 0) is 17.8 Å². The molecule has 1 amide bonds. The highest BCUT2D eigenvalue weighted by atomic mass is 32.1. The SMILES string of the molecule is O=C(Cn1nnc(-c2cccs2)n1)NCCc1cccs1. The van der Waals surface area contributed by atoms with E-state index in [0.717, 1.165) is 11.3 Å². The molecule has 0 aliphatic rings. The first kappa shape index (κ1) is 13.9. The lowest BCUT2D eigenvalue weighted by molar-refractivity contribution is -0.122. The maximum atomic E-state index is 11.8. The summed E-state index contributed by atoms with van der Waals surface area (Å²) in [5, 5.41) is 18.9. The lowest BCUT2D eigenvalue weighted by atomic mass is 10.3. The Morgan fingerprint density at radius 3 is 2.86 bits per heavy atom. The smallest absolute Gasteiger partial charge is 0.243 e. The zero-order chi connectivity index (χ0) is 14.5. The number of amides is 1. The van der Waals surface area contributed by atoms with Gasteiger partial charge in [0.1, 0.15) is 6.54 Å². The monoisotopic (exact) mass is 319 g/mol. The van der Waals surface area contributed by atoms with Crippen LogP contribution in [-0.4, -0.2) is 32.7 Å². The van der Waals surface area contributed by atoms with Gasteiger partial charge in [0.05, 0.1) is 4.88 Å². The number of carbonyl (C=O) groups is 1. The Morgan fingerprint density at radius 1 is 1.24 bits per heavy atom. The minimum Gasteiger partial charge on any atom is -0.354 e. The molecule has 3 aromatic rings. The van der Waals surface area contributed by atoms with Crippen LogP contribution in [0.1, 0.15) is 4.88 Å². The molecule has 6 nitrogen and oxygen atoms in total. The Bertz CT molecular complexity index is 690. The maximum absolute atomic E-state index is 11.8. The van der Waals surface area contributed by atoms with E-state index in [4.69, 9.17) is 0 Å². The Balaban J connectivity index is 1.48. The van der Waals surface area contributed by atoms with Crippen LogP contribution in [0.2, 0.25) is 0 Å². The van der Waals surface area contributed by atoms with Crippen LogP contribution < -0.4 is 5.32 Å². The molecule has 0 aromatic carbocycles. The number of hydrogen-bond acceptors (Lipinski definition) is 6. The largest absolute Gasteiger partial charge is 0.354 e. The highest BCUT2D eigenvalue weighted by Crippen LogP contribution is 2.19. The Labute approximate surface area is 129 Å². The van der Waals surface area contributed by atoms with E-state index in [1.807, 2.05) is 29.0 Å². The van der Waals surface area contributed by atoms with Crippen LogP contribution in [0.3, 0.4) is 0 Å². The van der Waals surface area contributed by atoms with Crippen LogP contribution in [0.5, 0.6) is 0 Å². The number of nitrogens with zero attached hydrogens (tertiary/aromatic N) is 4. The van der Waals surface area contributed by atoms with Crippen molar-refractivity contribution in [2.24, 2.45) is 0 Å². The van der Waals surface area contributed by atoms with E-state index >= 15 is 0 Å². The highest BCUT2D eigenvalue weighted by molar-refractivity contribution is 7.13. The molecule has 0 fully saturated rings. The molecule has 108 valence electrons. The van der Waals surface area contributed by atoms with E-state index < -0.39 is 0 Å². The molecule has 0 saturated heterocycles. The molecule has 0 spiro atoms. The van der Waals surface area contributed by atoms with Crippen molar-refractivity contribution < 1.29 is 4.79 Å². The average molecular weight is 319 g/mol. The quantitative estimate of drug-likeness (QED) is 0.752. The molecule has 0 unspecified atom stereocenters. The summed E-state index contributed by atoms with van der Waals surface area (Å²) < 4.78 is 0. The summed E-state index contributed by atoms with van der Waals surface area (Å²) in [6, 6.07) is 7.92. The fourth-order valence-electron chi connectivity index (χ4n) is 1.78. The van der Waals surface area contributed by atoms with Gasteiger partial charge in [-0.1, -0.05) is 12.1 Å². The molecule has 0 aliphatic carbocycles. The number of aromatic nitrogens is 4. The van der Waals surface area contributed by atoms with E-state index in [2.05, 4.69) is 26.8 Å². The van der Waals surface area contributed by atoms with Gasteiger partial charge in [-0.3, -0.25) is 4.79 Å². The number of carbonyl (C=O) groups excluding carboxylic acids is 1.